The first-order valence-electron chi connectivity index (χ1n) is 5.98. The number of amidine groups is 1. The lowest BCUT2D eigenvalue weighted by Crippen LogP contribution is -2.47. The molecule has 0 saturated carbocycles. The third-order valence-electron chi connectivity index (χ3n) is 3.46. The zero-order valence-electron chi connectivity index (χ0n) is 9.57. The van der Waals surface area contributed by atoms with Crippen LogP contribution in [0.5, 0.6) is 0 Å². The van der Waals surface area contributed by atoms with Gasteiger partial charge < -0.3 is 10.6 Å². The first-order valence-corrected chi connectivity index (χ1v) is 5.98. The molecular formula is C13H15N3O. The van der Waals surface area contributed by atoms with E-state index in [0.717, 1.165) is 37.3 Å². The number of aliphatic imine (C=N–C) groups is 1. The fourth-order valence-corrected chi connectivity index (χ4v) is 2.43. The second-order valence-electron chi connectivity index (χ2n) is 4.56. The molecule has 1 spiro atoms. The highest BCUT2D eigenvalue weighted by Gasteiger charge is 2.44. The lowest BCUT2D eigenvalue weighted by atomic mass is 9.89. The summed E-state index contributed by atoms with van der Waals surface area (Å²) >= 11 is 0. The van der Waals surface area contributed by atoms with E-state index >= 15 is 0 Å². The third-order valence-corrected chi connectivity index (χ3v) is 3.46. The summed E-state index contributed by atoms with van der Waals surface area (Å²) in [5, 5.41) is 6.18. The van der Waals surface area contributed by atoms with Crippen LogP contribution in [0.3, 0.4) is 0 Å². The second kappa shape index (κ2) is 3.96. The predicted molar refractivity (Wildman–Crippen MR) is 66.0 cm³/mol. The molecule has 2 heterocycles. The zero-order valence-corrected chi connectivity index (χ0v) is 9.57. The van der Waals surface area contributed by atoms with Crippen molar-refractivity contribution in [2.75, 3.05) is 13.1 Å². The fourth-order valence-electron chi connectivity index (χ4n) is 2.43. The largest absolute Gasteiger partial charge is 0.317 e. The molecule has 0 aromatic heterocycles. The maximum Gasteiger partial charge on any atom is 0.253 e. The van der Waals surface area contributed by atoms with E-state index in [0.29, 0.717) is 0 Å². The van der Waals surface area contributed by atoms with E-state index in [2.05, 4.69) is 15.6 Å². The Hall–Kier alpha value is -1.68. The Morgan fingerprint density at radius 1 is 1.12 bits per heavy atom. The molecule has 3 rings (SSSR count). The molecule has 1 aromatic carbocycles. The average Bonchev–Trinajstić information content (AvgIpc) is 2.69. The number of carbonyl (C=O) groups excluding carboxylic acids is 1. The van der Waals surface area contributed by atoms with Crippen LogP contribution in [0.1, 0.15) is 18.4 Å². The van der Waals surface area contributed by atoms with Crippen LogP contribution < -0.4 is 10.6 Å². The van der Waals surface area contributed by atoms with Crippen molar-refractivity contribution < 1.29 is 4.79 Å². The van der Waals surface area contributed by atoms with Crippen molar-refractivity contribution in [1.29, 1.82) is 0 Å². The molecule has 2 aliphatic heterocycles. The molecule has 0 radical (unpaired) electrons. The summed E-state index contributed by atoms with van der Waals surface area (Å²) in [5.41, 5.74) is 0.465. The Labute approximate surface area is 100 Å². The van der Waals surface area contributed by atoms with Gasteiger partial charge in [-0.25, -0.2) is 0 Å². The third kappa shape index (κ3) is 1.74. The first-order chi connectivity index (χ1) is 8.30. The van der Waals surface area contributed by atoms with E-state index in [-0.39, 0.29) is 5.91 Å². The van der Waals surface area contributed by atoms with Gasteiger partial charge in [-0.05, 0) is 25.9 Å². The van der Waals surface area contributed by atoms with Gasteiger partial charge in [-0.15, -0.1) is 0 Å². The van der Waals surface area contributed by atoms with Gasteiger partial charge in [0.2, 0.25) is 0 Å². The van der Waals surface area contributed by atoms with Crippen LogP contribution in [0.2, 0.25) is 0 Å². The minimum Gasteiger partial charge on any atom is -0.317 e. The molecular weight excluding hydrogens is 214 g/mol. The molecule has 2 N–H and O–H groups in total. The molecule has 0 bridgehead atoms. The van der Waals surface area contributed by atoms with E-state index in [1.165, 1.54) is 0 Å². The predicted octanol–water partition coefficient (Wildman–Crippen LogP) is 0.685. The van der Waals surface area contributed by atoms with Crippen molar-refractivity contribution in [3.05, 3.63) is 35.9 Å². The zero-order chi connectivity index (χ0) is 11.7. The number of hydrogen-bond acceptors (Lipinski definition) is 3. The van der Waals surface area contributed by atoms with E-state index in [1.54, 1.807) is 0 Å². The maximum absolute atomic E-state index is 12.1. The van der Waals surface area contributed by atoms with E-state index in [1.807, 2.05) is 30.3 Å². The Bertz CT molecular complexity index is 461. The van der Waals surface area contributed by atoms with Gasteiger partial charge in [0.15, 0.2) is 0 Å². The first kappa shape index (κ1) is 10.5. The quantitative estimate of drug-likeness (QED) is 0.744. The smallest absolute Gasteiger partial charge is 0.253 e. The van der Waals surface area contributed by atoms with Crippen LogP contribution in [0, 0.1) is 0 Å². The van der Waals surface area contributed by atoms with Gasteiger partial charge >= 0.3 is 0 Å². The summed E-state index contributed by atoms with van der Waals surface area (Å²) < 4.78 is 0. The molecule has 4 heteroatoms. The average molecular weight is 229 g/mol. The Balaban J connectivity index is 1.94. The van der Waals surface area contributed by atoms with Gasteiger partial charge in [0, 0.05) is 5.56 Å². The number of carbonyl (C=O) groups is 1. The monoisotopic (exact) mass is 229 g/mol. The number of piperidine rings is 1. The van der Waals surface area contributed by atoms with Crippen molar-refractivity contribution >= 4 is 11.7 Å². The molecule has 1 amide bonds. The summed E-state index contributed by atoms with van der Waals surface area (Å²) in [7, 11) is 0. The summed E-state index contributed by atoms with van der Waals surface area (Å²) in [6.45, 7) is 1.72. The summed E-state index contributed by atoms with van der Waals surface area (Å²) in [6, 6.07) is 9.81. The Kier molecular flexibility index (Phi) is 2.44. The van der Waals surface area contributed by atoms with Gasteiger partial charge in [0.05, 0.1) is 0 Å². The van der Waals surface area contributed by atoms with Crippen LogP contribution in [0.15, 0.2) is 35.3 Å². The van der Waals surface area contributed by atoms with Crippen molar-refractivity contribution in [1.82, 2.24) is 10.6 Å². The lowest BCUT2D eigenvalue weighted by Gasteiger charge is -2.28. The Morgan fingerprint density at radius 3 is 2.53 bits per heavy atom. The molecule has 1 saturated heterocycles. The molecule has 1 aromatic rings. The minimum absolute atomic E-state index is 0.0536. The van der Waals surface area contributed by atoms with Crippen molar-refractivity contribution in [3.8, 4) is 0 Å². The molecule has 88 valence electrons. The molecule has 0 unspecified atom stereocenters. The summed E-state index contributed by atoms with van der Waals surface area (Å²) in [4.78, 5) is 16.7. The van der Waals surface area contributed by atoms with Crippen LogP contribution >= 0.6 is 0 Å². The van der Waals surface area contributed by atoms with Crippen LogP contribution in [-0.2, 0) is 4.79 Å². The van der Waals surface area contributed by atoms with Crippen LogP contribution in [0.4, 0.5) is 0 Å². The van der Waals surface area contributed by atoms with Crippen molar-refractivity contribution in [3.63, 3.8) is 0 Å². The highest BCUT2D eigenvalue weighted by Crippen LogP contribution is 2.28. The Morgan fingerprint density at radius 2 is 1.82 bits per heavy atom. The number of benzene rings is 1. The number of amides is 1. The molecule has 0 aliphatic carbocycles. The fraction of sp³-hybridized carbons (Fsp3) is 0.385. The van der Waals surface area contributed by atoms with Gasteiger partial charge in [-0.3, -0.25) is 9.79 Å². The minimum atomic E-state index is -0.517. The van der Waals surface area contributed by atoms with Crippen LogP contribution in [0.25, 0.3) is 0 Å². The molecule has 17 heavy (non-hydrogen) atoms. The molecule has 0 atom stereocenters. The molecule has 2 aliphatic rings. The van der Waals surface area contributed by atoms with Gasteiger partial charge in [0.1, 0.15) is 11.4 Å². The van der Waals surface area contributed by atoms with E-state index in [4.69, 9.17) is 0 Å². The standard InChI is InChI=1S/C13H15N3O/c17-12-13(6-8-14-9-7-13)16-11(15-12)10-4-2-1-3-5-10/h1-5,14H,6-9H2,(H,15,16,17). The number of nitrogens with zero attached hydrogens (tertiary/aromatic N) is 1. The highest BCUT2D eigenvalue weighted by molar-refractivity contribution is 6.15. The van der Waals surface area contributed by atoms with E-state index < -0.39 is 5.54 Å². The lowest BCUT2D eigenvalue weighted by molar-refractivity contribution is -0.124. The topological polar surface area (TPSA) is 53.5 Å². The number of hydrogen-bond donors (Lipinski definition) is 2. The normalized spacial score (nSPS) is 22.4. The molecule has 1 fully saturated rings. The maximum atomic E-state index is 12.1. The van der Waals surface area contributed by atoms with Crippen molar-refractivity contribution in [2.45, 2.75) is 18.4 Å². The van der Waals surface area contributed by atoms with Crippen molar-refractivity contribution in [2.24, 2.45) is 4.99 Å². The van der Waals surface area contributed by atoms with Gasteiger partial charge in [0.25, 0.3) is 5.91 Å². The summed E-state index contributed by atoms with van der Waals surface area (Å²) in [6.07, 6.45) is 1.57. The highest BCUT2D eigenvalue weighted by atomic mass is 16.2. The second-order valence-corrected chi connectivity index (χ2v) is 4.56. The SMILES string of the molecule is O=C1NC(c2ccccc2)=NC12CCNCC2. The number of nitrogens with one attached hydrogen (secondary N) is 2. The molecule has 4 nitrogen and oxygen atoms in total. The summed E-state index contributed by atoms with van der Waals surface area (Å²) in [5.74, 6) is 0.773. The van der Waals surface area contributed by atoms with Gasteiger partial charge in [-0.2, -0.15) is 0 Å². The van der Waals surface area contributed by atoms with E-state index in [9.17, 15) is 4.79 Å². The number of rotatable bonds is 1. The van der Waals surface area contributed by atoms with Crippen LogP contribution in [-0.4, -0.2) is 30.4 Å². The van der Waals surface area contributed by atoms with Gasteiger partial charge in [-0.1, -0.05) is 30.3 Å².